The van der Waals surface area contributed by atoms with Crippen LogP contribution in [0.2, 0.25) is 0 Å². The summed E-state index contributed by atoms with van der Waals surface area (Å²) < 4.78 is 10.4. The molecular formula is C13H16O3S. The van der Waals surface area contributed by atoms with Crippen LogP contribution in [0.3, 0.4) is 0 Å². The number of rotatable bonds is 5. The molecule has 0 heterocycles. The zero-order valence-corrected chi connectivity index (χ0v) is 11.0. The van der Waals surface area contributed by atoms with Crippen molar-refractivity contribution >= 4 is 23.0 Å². The first-order valence-electron chi connectivity index (χ1n) is 5.19. The van der Waals surface area contributed by atoms with Crippen molar-refractivity contribution in [3.05, 3.63) is 29.8 Å². The van der Waals surface area contributed by atoms with Gasteiger partial charge in [0, 0.05) is 18.2 Å². The van der Waals surface area contributed by atoms with Crippen LogP contribution in [0.4, 0.5) is 0 Å². The number of carbonyl (C=O) groups is 1. The molecule has 1 rings (SSSR count). The van der Waals surface area contributed by atoms with Gasteiger partial charge in [-0.3, -0.25) is 4.79 Å². The van der Waals surface area contributed by atoms with Crippen LogP contribution in [-0.2, 0) is 4.79 Å². The highest BCUT2D eigenvalue weighted by atomic mass is 32.2. The van der Waals surface area contributed by atoms with E-state index in [-0.39, 0.29) is 5.12 Å². The molecule has 0 spiro atoms. The normalized spacial score (nSPS) is 10.5. The second-order valence-electron chi connectivity index (χ2n) is 3.31. The van der Waals surface area contributed by atoms with E-state index < -0.39 is 0 Å². The summed E-state index contributed by atoms with van der Waals surface area (Å²) in [4.78, 5) is 10.8. The van der Waals surface area contributed by atoms with Gasteiger partial charge in [0.15, 0.2) is 5.12 Å². The van der Waals surface area contributed by atoms with Crippen molar-refractivity contribution < 1.29 is 14.3 Å². The van der Waals surface area contributed by atoms with Crippen molar-refractivity contribution in [2.75, 3.05) is 20.0 Å². The number of hydrogen-bond acceptors (Lipinski definition) is 4. The molecule has 0 saturated carbocycles. The molecule has 0 fully saturated rings. The number of thioether (sulfide) groups is 1. The van der Waals surface area contributed by atoms with Gasteiger partial charge < -0.3 is 9.47 Å². The molecular weight excluding hydrogens is 236 g/mol. The molecule has 0 saturated heterocycles. The Kier molecular flexibility index (Phi) is 5.63. The molecule has 1 aromatic carbocycles. The summed E-state index contributed by atoms with van der Waals surface area (Å²) >= 11 is 1.28. The zero-order valence-electron chi connectivity index (χ0n) is 10.2. The van der Waals surface area contributed by atoms with E-state index in [1.54, 1.807) is 21.1 Å². The minimum Gasteiger partial charge on any atom is -0.497 e. The third-order valence-electron chi connectivity index (χ3n) is 2.12. The van der Waals surface area contributed by atoms with Crippen LogP contribution in [0.5, 0.6) is 11.5 Å². The van der Waals surface area contributed by atoms with E-state index in [2.05, 4.69) is 0 Å². The molecule has 4 heteroatoms. The first kappa shape index (κ1) is 13.6. The summed E-state index contributed by atoms with van der Waals surface area (Å²) in [5.74, 6) is 2.23. The summed E-state index contributed by atoms with van der Waals surface area (Å²) in [6.07, 6.45) is 3.86. The predicted octanol–water partition coefficient (Wildman–Crippen LogP) is 3.00. The number of carbonyl (C=O) groups excluding carboxylic acids is 1. The molecule has 0 atom stereocenters. The van der Waals surface area contributed by atoms with Crippen LogP contribution in [0.15, 0.2) is 24.3 Å². The Labute approximate surface area is 106 Å². The Morgan fingerprint density at radius 1 is 1.35 bits per heavy atom. The smallest absolute Gasteiger partial charge is 0.186 e. The van der Waals surface area contributed by atoms with E-state index in [4.69, 9.17) is 9.47 Å². The zero-order chi connectivity index (χ0) is 12.7. The van der Waals surface area contributed by atoms with Crippen LogP contribution in [0, 0.1) is 0 Å². The minimum absolute atomic E-state index is 0.118. The summed E-state index contributed by atoms with van der Waals surface area (Å²) in [7, 11) is 3.25. The van der Waals surface area contributed by atoms with E-state index in [0.717, 1.165) is 17.1 Å². The average molecular weight is 252 g/mol. The Balaban J connectivity index is 2.76. The fourth-order valence-corrected chi connectivity index (χ4v) is 1.74. The van der Waals surface area contributed by atoms with Gasteiger partial charge in [-0.2, -0.15) is 0 Å². The van der Waals surface area contributed by atoms with Crippen LogP contribution >= 0.6 is 11.8 Å². The molecule has 0 unspecified atom stereocenters. The highest BCUT2D eigenvalue weighted by molar-refractivity contribution is 8.13. The first-order valence-corrected chi connectivity index (χ1v) is 6.18. The molecule has 92 valence electrons. The lowest BCUT2D eigenvalue weighted by molar-refractivity contribution is -0.109. The molecule has 0 N–H and O–H groups in total. The van der Waals surface area contributed by atoms with Crippen molar-refractivity contribution in [3.8, 4) is 11.5 Å². The summed E-state index contributed by atoms with van der Waals surface area (Å²) in [5, 5.41) is 0.118. The maximum atomic E-state index is 10.8. The van der Waals surface area contributed by atoms with E-state index in [1.807, 2.05) is 30.4 Å². The number of ether oxygens (including phenoxy) is 2. The Bertz CT molecular complexity index is 413. The molecule has 0 aliphatic heterocycles. The van der Waals surface area contributed by atoms with Gasteiger partial charge in [0.25, 0.3) is 0 Å². The largest absolute Gasteiger partial charge is 0.497 e. The average Bonchev–Trinajstić information content (AvgIpc) is 2.34. The molecule has 0 aromatic heterocycles. The molecule has 17 heavy (non-hydrogen) atoms. The fraction of sp³-hybridized carbons (Fsp3) is 0.308. The van der Waals surface area contributed by atoms with Gasteiger partial charge in [0.2, 0.25) is 0 Å². The quantitative estimate of drug-likeness (QED) is 0.807. The summed E-state index contributed by atoms with van der Waals surface area (Å²) in [6, 6.07) is 5.60. The molecule has 0 bridgehead atoms. The predicted molar refractivity (Wildman–Crippen MR) is 71.7 cm³/mol. The summed E-state index contributed by atoms with van der Waals surface area (Å²) in [5.41, 5.74) is 0.941. The second-order valence-corrected chi connectivity index (χ2v) is 4.51. The van der Waals surface area contributed by atoms with Gasteiger partial charge in [0.05, 0.1) is 14.2 Å². The lowest BCUT2D eigenvalue weighted by Crippen LogP contribution is -1.89. The molecule has 0 amide bonds. The van der Waals surface area contributed by atoms with Crippen molar-refractivity contribution in [3.63, 3.8) is 0 Å². The summed E-state index contributed by atoms with van der Waals surface area (Å²) in [6.45, 7) is 1.56. The Hall–Kier alpha value is -1.42. The molecule has 0 radical (unpaired) electrons. The lowest BCUT2D eigenvalue weighted by atomic mass is 10.2. The van der Waals surface area contributed by atoms with Gasteiger partial charge in [-0.25, -0.2) is 0 Å². The lowest BCUT2D eigenvalue weighted by Gasteiger charge is -2.06. The van der Waals surface area contributed by atoms with Gasteiger partial charge in [0.1, 0.15) is 11.5 Å². The Morgan fingerprint density at radius 3 is 2.71 bits per heavy atom. The van der Waals surface area contributed by atoms with Crippen molar-refractivity contribution in [2.45, 2.75) is 6.92 Å². The van der Waals surface area contributed by atoms with Crippen LogP contribution in [-0.4, -0.2) is 25.1 Å². The van der Waals surface area contributed by atoms with E-state index in [9.17, 15) is 4.79 Å². The van der Waals surface area contributed by atoms with Crippen LogP contribution in [0.25, 0.3) is 6.08 Å². The highest BCUT2D eigenvalue weighted by Crippen LogP contribution is 2.25. The monoisotopic (exact) mass is 252 g/mol. The van der Waals surface area contributed by atoms with E-state index in [1.165, 1.54) is 11.8 Å². The van der Waals surface area contributed by atoms with Crippen molar-refractivity contribution in [2.24, 2.45) is 0 Å². The first-order chi connectivity index (χ1) is 8.17. The molecule has 1 aromatic rings. The number of benzene rings is 1. The SMILES string of the molecule is COc1ccc(OC)c(C=CCSC(C)=O)c1. The topological polar surface area (TPSA) is 35.5 Å². The van der Waals surface area contributed by atoms with Gasteiger partial charge in [-0.05, 0) is 18.2 Å². The van der Waals surface area contributed by atoms with Crippen molar-refractivity contribution in [1.29, 1.82) is 0 Å². The van der Waals surface area contributed by atoms with E-state index >= 15 is 0 Å². The fourth-order valence-electron chi connectivity index (χ4n) is 1.31. The van der Waals surface area contributed by atoms with Gasteiger partial charge in [-0.1, -0.05) is 23.9 Å². The van der Waals surface area contributed by atoms with Crippen LogP contribution in [0.1, 0.15) is 12.5 Å². The van der Waals surface area contributed by atoms with Crippen LogP contribution < -0.4 is 9.47 Å². The Morgan fingerprint density at radius 2 is 2.12 bits per heavy atom. The standard InChI is InChI=1S/C13H16O3S/c1-10(14)17-8-4-5-11-9-12(15-2)6-7-13(11)16-3/h4-7,9H,8H2,1-3H3. The molecule has 0 aliphatic carbocycles. The van der Waals surface area contributed by atoms with Gasteiger partial charge >= 0.3 is 0 Å². The molecule has 0 aliphatic rings. The number of hydrogen-bond donors (Lipinski definition) is 0. The minimum atomic E-state index is 0.118. The van der Waals surface area contributed by atoms with Crippen molar-refractivity contribution in [1.82, 2.24) is 0 Å². The third-order valence-corrected chi connectivity index (χ3v) is 2.88. The maximum Gasteiger partial charge on any atom is 0.186 e. The molecule has 3 nitrogen and oxygen atoms in total. The second kappa shape index (κ2) is 7.01. The van der Waals surface area contributed by atoms with Gasteiger partial charge in [-0.15, -0.1) is 0 Å². The van der Waals surface area contributed by atoms with E-state index in [0.29, 0.717) is 5.75 Å². The number of methoxy groups -OCH3 is 2. The third kappa shape index (κ3) is 4.53. The highest BCUT2D eigenvalue weighted by Gasteiger charge is 2.01. The maximum absolute atomic E-state index is 10.8.